The number of benzene rings is 3. The van der Waals surface area contributed by atoms with Gasteiger partial charge in [-0.3, -0.25) is 9.59 Å². The highest BCUT2D eigenvalue weighted by Gasteiger charge is 2.50. The molecule has 0 spiro atoms. The van der Waals surface area contributed by atoms with Gasteiger partial charge in [0.2, 0.25) is 0 Å². The largest absolute Gasteiger partial charge is 0.375 e. The van der Waals surface area contributed by atoms with Gasteiger partial charge in [0.25, 0.3) is 5.91 Å². The van der Waals surface area contributed by atoms with Crippen LogP contribution >= 0.6 is 0 Å². The zero-order chi connectivity index (χ0) is 22.9. The molecule has 3 aromatic carbocycles. The Labute approximate surface area is 188 Å². The first kappa shape index (κ1) is 21.7. The van der Waals surface area contributed by atoms with Crippen molar-refractivity contribution in [1.29, 1.82) is 0 Å². The summed E-state index contributed by atoms with van der Waals surface area (Å²) >= 11 is 0. The van der Waals surface area contributed by atoms with Gasteiger partial charge in [-0.15, -0.1) is 0 Å². The van der Waals surface area contributed by atoms with Crippen LogP contribution in [0.2, 0.25) is 0 Å². The summed E-state index contributed by atoms with van der Waals surface area (Å²) in [4.78, 5) is 28.2. The highest BCUT2D eigenvalue weighted by molar-refractivity contribution is 6.11. The number of ketones is 1. The van der Waals surface area contributed by atoms with E-state index >= 15 is 0 Å². The monoisotopic (exact) mass is 425 g/mol. The Morgan fingerprint density at radius 1 is 0.969 bits per heavy atom. The summed E-state index contributed by atoms with van der Waals surface area (Å²) in [6.45, 7) is 6.08. The molecule has 1 aliphatic heterocycles. The van der Waals surface area contributed by atoms with Crippen molar-refractivity contribution < 1.29 is 14.7 Å². The van der Waals surface area contributed by atoms with E-state index in [9.17, 15) is 14.7 Å². The highest BCUT2D eigenvalue weighted by atomic mass is 16.3. The van der Waals surface area contributed by atoms with Gasteiger partial charge < -0.3 is 10.0 Å². The Morgan fingerprint density at radius 2 is 1.59 bits per heavy atom. The summed E-state index contributed by atoms with van der Waals surface area (Å²) in [6, 6.07) is 20.9. The van der Waals surface area contributed by atoms with Gasteiger partial charge >= 0.3 is 0 Å². The predicted molar refractivity (Wildman–Crippen MR) is 128 cm³/mol. The molecule has 1 amide bonds. The first-order valence-corrected chi connectivity index (χ1v) is 10.8. The maximum atomic E-state index is 13.4. The van der Waals surface area contributed by atoms with Crippen LogP contribution in [0.15, 0.2) is 72.8 Å². The number of carbonyl (C=O) groups excluding carboxylic acids is 2. The van der Waals surface area contributed by atoms with E-state index in [2.05, 4.69) is 0 Å². The lowest BCUT2D eigenvalue weighted by molar-refractivity contribution is -0.135. The predicted octanol–water partition coefficient (Wildman–Crippen LogP) is 5.13. The molecule has 0 fully saturated rings. The molecule has 0 bridgehead atoms. The Kier molecular flexibility index (Phi) is 5.81. The quantitative estimate of drug-likeness (QED) is 0.557. The number of anilines is 1. The van der Waals surface area contributed by atoms with Crippen LogP contribution in [0.3, 0.4) is 0 Å². The number of nitrogens with zero attached hydrogens (tertiary/aromatic N) is 1. The summed E-state index contributed by atoms with van der Waals surface area (Å²) in [5.74, 6) is -0.695. The number of carbonyl (C=O) groups is 2. The first-order chi connectivity index (χ1) is 15.3. The van der Waals surface area contributed by atoms with Crippen LogP contribution in [0.4, 0.5) is 5.69 Å². The van der Waals surface area contributed by atoms with Crippen molar-refractivity contribution in [2.24, 2.45) is 0 Å². The van der Waals surface area contributed by atoms with Crippen molar-refractivity contribution in [3.63, 3.8) is 0 Å². The minimum atomic E-state index is -1.88. The molecule has 32 heavy (non-hydrogen) atoms. The van der Waals surface area contributed by atoms with Crippen LogP contribution in [0.25, 0.3) is 6.08 Å². The van der Waals surface area contributed by atoms with Crippen molar-refractivity contribution in [3.8, 4) is 0 Å². The molecule has 0 aromatic heterocycles. The van der Waals surface area contributed by atoms with Crippen LogP contribution in [-0.4, -0.2) is 23.3 Å². The first-order valence-electron chi connectivity index (χ1n) is 10.8. The van der Waals surface area contributed by atoms with Crippen LogP contribution in [0, 0.1) is 20.8 Å². The molecule has 4 heteroatoms. The smallest absolute Gasteiger partial charge is 0.264 e. The summed E-state index contributed by atoms with van der Waals surface area (Å²) in [6.07, 6.45) is 3.55. The summed E-state index contributed by atoms with van der Waals surface area (Å²) < 4.78 is 0. The SMILES string of the molecule is Cc1cc(C)c(C(=O)CC2(O)C(=O)N(C/C=C/c3ccccc3)c3ccccc32)c(C)c1. The number of hydrogen-bond donors (Lipinski definition) is 1. The molecule has 4 nitrogen and oxygen atoms in total. The normalized spacial score (nSPS) is 17.8. The fourth-order valence-electron chi connectivity index (χ4n) is 4.66. The van der Waals surface area contributed by atoms with E-state index in [1.165, 1.54) is 0 Å². The maximum absolute atomic E-state index is 13.4. The van der Waals surface area contributed by atoms with Crippen LogP contribution in [0.5, 0.6) is 0 Å². The summed E-state index contributed by atoms with van der Waals surface area (Å²) in [5, 5.41) is 11.5. The second-order valence-electron chi connectivity index (χ2n) is 8.48. The molecule has 0 aliphatic carbocycles. The number of fused-ring (bicyclic) bond motifs is 1. The van der Waals surface area contributed by atoms with E-state index in [0.717, 1.165) is 22.3 Å². The standard InChI is InChI=1S/C28H27NO3/c1-19-16-20(2)26(21(3)17-19)25(30)18-28(32)23-13-7-8-14-24(23)29(27(28)31)15-9-12-22-10-5-4-6-11-22/h4-14,16-17,32H,15,18H2,1-3H3/b12-9+. The van der Waals surface area contributed by atoms with Gasteiger partial charge in [0.15, 0.2) is 11.4 Å². The van der Waals surface area contributed by atoms with Crippen LogP contribution in [-0.2, 0) is 10.4 Å². The van der Waals surface area contributed by atoms with Crippen molar-refractivity contribution in [2.75, 3.05) is 11.4 Å². The van der Waals surface area contributed by atoms with Crippen LogP contribution < -0.4 is 4.90 Å². The fraction of sp³-hybridized carbons (Fsp3) is 0.214. The van der Waals surface area contributed by atoms with Gasteiger partial charge in [-0.25, -0.2) is 0 Å². The van der Waals surface area contributed by atoms with Crippen molar-refractivity contribution in [3.05, 3.63) is 106 Å². The number of Topliss-reactive ketones (excluding diaryl/α,β-unsaturated/α-hetero) is 1. The number of rotatable bonds is 6. The summed E-state index contributed by atoms with van der Waals surface area (Å²) in [7, 11) is 0. The zero-order valence-electron chi connectivity index (χ0n) is 18.6. The molecule has 1 atom stereocenters. The van der Waals surface area contributed by atoms with Gasteiger partial charge in [-0.2, -0.15) is 0 Å². The van der Waals surface area contributed by atoms with E-state index in [1.54, 1.807) is 17.0 Å². The molecule has 4 rings (SSSR count). The molecule has 0 saturated heterocycles. The van der Waals surface area contributed by atoms with Gasteiger partial charge in [0.05, 0.1) is 12.1 Å². The Bertz CT molecular complexity index is 1190. The fourth-order valence-corrected chi connectivity index (χ4v) is 4.66. The number of amides is 1. The highest BCUT2D eigenvalue weighted by Crippen LogP contribution is 2.43. The maximum Gasteiger partial charge on any atom is 0.264 e. The molecule has 0 radical (unpaired) electrons. The number of aliphatic hydroxyl groups is 1. The van der Waals surface area contributed by atoms with Crippen molar-refractivity contribution in [1.82, 2.24) is 0 Å². The second-order valence-corrected chi connectivity index (χ2v) is 8.48. The molecular weight excluding hydrogens is 398 g/mol. The molecule has 0 saturated carbocycles. The molecule has 3 aromatic rings. The molecular formula is C28H27NO3. The average molecular weight is 426 g/mol. The average Bonchev–Trinajstić information content (AvgIpc) is 2.95. The molecule has 1 unspecified atom stereocenters. The third kappa shape index (κ3) is 3.90. The zero-order valence-corrected chi connectivity index (χ0v) is 18.6. The molecule has 1 aliphatic rings. The van der Waals surface area contributed by atoms with Gasteiger partial charge in [-0.05, 0) is 43.5 Å². The van der Waals surface area contributed by atoms with Gasteiger partial charge in [-0.1, -0.05) is 78.4 Å². The third-order valence-corrected chi connectivity index (χ3v) is 6.01. The van der Waals surface area contributed by atoms with E-state index < -0.39 is 11.5 Å². The minimum absolute atomic E-state index is 0.229. The third-order valence-electron chi connectivity index (χ3n) is 6.01. The number of aryl methyl sites for hydroxylation is 3. The minimum Gasteiger partial charge on any atom is -0.375 e. The Morgan fingerprint density at radius 3 is 2.28 bits per heavy atom. The Hall–Kier alpha value is -3.50. The number of hydrogen-bond acceptors (Lipinski definition) is 3. The number of para-hydroxylation sites is 1. The van der Waals surface area contributed by atoms with E-state index in [4.69, 9.17) is 0 Å². The van der Waals surface area contributed by atoms with Gasteiger partial charge in [0, 0.05) is 17.7 Å². The topological polar surface area (TPSA) is 57.6 Å². The van der Waals surface area contributed by atoms with Gasteiger partial charge in [0.1, 0.15) is 0 Å². The van der Waals surface area contributed by atoms with Crippen LogP contribution in [0.1, 0.15) is 44.6 Å². The second kappa shape index (κ2) is 8.56. The van der Waals surface area contributed by atoms with E-state index in [0.29, 0.717) is 23.4 Å². The molecule has 162 valence electrons. The van der Waals surface area contributed by atoms with E-state index in [1.807, 2.05) is 87.5 Å². The lowest BCUT2D eigenvalue weighted by Gasteiger charge is -2.23. The molecule has 1 N–H and O–H groups in total. The van der Waals surface area contributed by atoms with Crippen molar-refractivity contribution in [2.45, 2.75) is 32.8 Å². The van der Waals surface area contributed by atoms with Crippen molar-refractivity contribution >= 4 is 23.5 Å². The lowest BCUT2D eigenvalue weighted by Crippen LogP contribution is -2.42. The molecule has 1 heterocycles. The van der Waals surface area contributed by atoms with E-state index in [-0.39, 0.29) is 12.2 Å². The Balaban J connectivity index is 1.63. The summed E-state index contributed by atoms with van der Waals surface area (Å²) in [5.41, 5.74) is 3.65. The lowest BCUT2D eigenvalue weighted by atomic mass is 9.85.